The number of benzene rings is 1. The van der Waals surface area contributed by atoms with Crippen LogP contribution >= 0.6 is 0 Å². The quantitative estimate of drug-likeness (QED) is 0.821. The summed E-state index contributed by atoms with van der Waals surface area (Å²) in [5.74, 6) is 1.52. The normalized spacial score (nSPS) is 12.1. The van der Waals surface area contributed by atoms with E-state index in [2.05, 4.69) is 6.92 Å². The number of methoxy groups -OCH3 is 3. The lowest BCUT2D eigenvalue weighted by atomic mass is 10.1. The van der Waals surface area contributed by atoms with Crippen molar-refractivity contribution in [2.75, 3.05) is 21.3 Å². The van der Waals surface area contributed by atoms with Crippen molar-refractivity contribution < 1.29 is 19.3 Å². The van der Waals surface area contributed by atoms with E-state index in [4.69, 9.17) is 14.2 Å². The topological polar surface area (TPSA) is 47.9 Å². The van der Waals surface area contributed by atoms with Crippen molar-refractivity contribution >= 4 is 0 Å². The molecule has 0 bridgehead atoms. The van der Waals surface area contributed by atoms with E-state index in [1.807, 2.05) is 0 Å². The lowest BCUT2D eigenvalue weighted by molar-refractivity contribution is 0.224. The number of hydrogen-bond acceptors (Lipinski definition) is 4. The van der Waals surface area contributed by atoms with Crippen LogP contribution in [0.2, 0.25) is 0 Å². The summed E-state index contributed by atoms with van der Waals surface area (Å²) in [6.07, 6.45) is -0.821. The highest BCUT2D eigenvalue weighted by Gasteiger charge is 2.14. The molecule has 0 spiro atoms. The molecule has 1 unspecified atom stereocenters. The fraction of sp³-hybridized carbons (Fsp3) is 0.364. The summed E-state index contributed by atoms with van der Waals surface area (Å²) in [7, 11) is 4.58. The molecule has 4 nitrogen and oxygen atoms in total. The average molecular weight is 211 g/mol. The Kier molecular flexibility index (Phi) is 3.80. The molecule has 0 aliphatic rings. The van der Waals surface area contributed by atoms with Crippen LogP contribution < -0.4 is 14.2 Å². The molecule has 1 rings (SSSR count). The van der Waals surface area contributed by atoms with Gasteiger partial charge < -0.3 is 19.3 Å². The van der Waals surface area contributed by atoms with E-state index in [9.17, 15) is 5.11 Å². The van der Waals surface area contributed by atoms with Gasteiger partial charge in [0.25, 0.3) is 0 Å². The molecule has 1 aromatic carbocycles. The van der Waals surface area contributed by atoms with E-state index in [1.54, 1.807) is 12.1 Å². The molecule has 0 saturated carbocycles. The minimum atomic E-state index is -0.821. The molecule has 0 aliphatic carbocycles. The highest BCUT2D eigenvalue weighted by molar-refractivity contribution is 5.54. The largest absolute Gasteiger partial charge is 0.493 e. The van der Waals surface area contributed by atoms with E-state index < -0.39 is 6.10 Å². The summed E-state index contributed by atoms with van der Waals surface area (Å²) >= 11 is 0. The van der Waals surface area contributed by atoms with Crippen molar-refractivity contribution in [3.63, 3.8) is 0 Å². The molecule has 0 aliphatic heterocycles. The van der Waals surface area contributed by atoms with Gasteiger partial charge in [-0.1, -0.05) is 0 Å². The Morgan fingerprint density at radius 1 is 1.07 bits per heavy atom. The fourth-order valence-electron chi connectivity index (χ4n) is 1.29. The minimum Gasteiger partial charge on any atom is -0.493 e. The monoisotopic (exact) mass is 211 g/mol. The lowest BCUT2D eigenvalue weighted by Gasteiger charge is -2.15. The maximum atomic E-state index is 9.36. The molecule has 1 N–H and O–H groups in total. The predicted octanol–water partition coefficient (Wildman–Crippen LogP) is 1.58. The summed E-state index contributed by atoms with van der Waals surface area (Å²) in [5, 5.41) is 9.36. The third-order valence-electron chi connectivity index (χ3n) is 2.07. The zero-order valence-corrected chi connectivity index (χ0v) is 9.11. The highest BCUT2D eigenvalue weighted by Crippen LogP contribution is 2.39. The summed E-state index contributed by atoms with van der Waals surface area (Å²) in [6, 6.07) is 3.33. The van der Waals surface area contributed by atoms with Gasteiger partial charge in [0.15, 0.2) is 11.5 Å². The first-order valence-electron chi connectivity index (χ1n) is 4.45. The Balaban J connectivity index is 3.29. The number of aliphatic hydroxyl groups is 1. The maximum Gasteiger partial charge on any atom is 0.203 e. The van der Waals surface area contributed by atoms with Crippen LogP contribution in [0.3, 0.4) is 0 Å². The van der Waals surface area contributed by atoms with E-state index in [0.29, 0.717) is 22.8 Å². The van der Waals surface area contributed by atoms with E-state index >= 15 is 0 Å². The standard InChI is InChI=1S/C11H15O4/c1-7(12)8-5-9(13-2)11(15-4)10(6-8)14-3/h5-7,12H,1H2,2-4H3. The van der Waals surface area contributed by atoms with Crippen molar-refractivity contribution in [2.45, 2.75) is 6.10 Å². The molecule has 15 heavy (non-hydrogen) atoms. The third kappa shape index (κ3) is 2.33. The summed E-state index contributed by atoms with van der Waals surface area (Å²) < 4.78 is 15.4. The molecular formula is C11H15O4. The van der Waals surface area contributed by atoms with Crippen molar-refractivity contribution in [1.29, 1.82) is 0 Å². The molecule has 0 saturated heterocycles. The van der Waals surface area contributed by atoms with Crippen molar-refractivity contribution in [1.82, 2.24) is 0 Å². The second kappa shape index (κ2) is 4.89. The van der Waals surface area contributed by atoms with Gasteiger partial charge in [-0.05, 0) is 24.6 Å². The van der Waals surface area contributed by atoms with Crippen LogP contribution in [0.15, 0.2) is 12.1 Å². The van der Waals surface area contributed by atoms with Crippen LogP contribution in [0, 0.1) is 6.92 Å². The molecule has 0 aromatic heterocycles. The van der Waals surface area contributed by atoms with Crippen LogP contribution in [-0.2, 0) is 0 Å². The lowest BCUT2D eigenvalue weighted by Crippen LogP contribution is -1.99. The first-order valence-corrected chi connectivity index (χ1v) is 4.45. The van der Waals surface area contributed by atoms with Gasteiger partial charge in [-0.3, -0.25) is 0 Å². The third-order valence-corrected chi connectivity index (χ3v) is 2.07. The molecule has 4 heteroatoms. The second-order valence-corrected chi connectivity index (χ2v) is 2.97. The van der Waals surface area contributed by atoms with Gasteiger partial charge in [0.2, 0.25) is 5.75 Å². The predicted molar refractivity (Wildman–Crippen MR) is 56.4 cm³/mol. The second-order valence-electron chi connectivity index (χ2n) is 2.97. The maximum absolute atomic E-state index is 9.36. The molecule has 0 amide bonds. The highest BCUT2D eigenvalue weighted by atomic mass is 16.5. The molecule has 0 fully saturated rings. The van der Waals surface area contributed by atoms with Gasteiger partial charge in [0.1, 0.15) is 0 Å². The minimum absolute atomic E-state index is 0.504. The summed E-state index contributed by atoms with van der Waals surface area (Å²) in [5.41, 5.74) is 0.615. The van der Waals surface area contributed by atoms with Crippen LogP contribution in [0.5, 0.6) is 17.2 Å². The average Bonchev–Trinajstić information content (AvgIpc) is 2.26. The van der Waals surface area contributed by atoms with Crippen molar-refractivity contribution in [3.05, 3.63) is 24.6 Å². The van der Waals surface area contributed by atoms with Gasteiger partial charge in [-0.15, -0.1) is 0 Å². The van der Waals surface area contributed by atoms with Crippen LogP contribution in [0.1, 0.15) is 11.7 Å². The number of ether oxygens (including phenoxy) is 3. The van der Waals surface area contributed by atoms with Crippen molar-refractivity contribution in [2.24, 2.45) is 0 Å². The zero-order valence-electron chi connectivity index (χ0n) is 9.11. The Hall–Kier alpha value is -1.42. The van der Waals surface area contributed by atoms with Crippen LogP contribution in [0.4, 0.5) is 0 Å². The first-order chi connectivity index (χ1) is 7.13. The van der Waals surface area contributed by atoms with Gasteiger partial charge >= 0.3 is 0 Å². The van der Waals surface area contributed by atoms with E-state index in [0.717, 1.165) is 0 Å². The zero-order chi connectivity index (χ0) is 11.4. The molecule has 1 aromatic rings. The molecular weight excluding hydrogens is 196 g/mol. The van der Waals surface area contributed by atoms with Gasteiger partial charge in [0.05, 0.1) is 27.4 Å². The van der Waals surface area contributed by atoms with Crippen molar-refractivity contribution in [3.8, 4) is 17.2 Å². The van der Waals surface area contributed by atoms with E-state index in [-0.39, 0.29) is 0 Å². The molecule has 1 atom stereocenters. The summed E-state index contributed by atoms with van der Waals surface area (Å²) in [6.45, 7) is 3.52. The number of aliphatic hydroxyl groups excluding tert-OH is 1. The number of rotatable bonds is 4. The van der Waals surface area contributed by atoms with Gasteiger partial charge in [-0.25, -0.2) is 0 Å². The van der Waals surface area contributed by atoms with Gasteiger partial charge in [-0.2, -0.15) is 0 Å². The van der Waals surface area contributed by atoms with E-state index in [1.165, 1.54) is 21.3 Å². The SMILES string of the molecule is [CH2]C(O)c1cc(OC)c(OC)c(OC)c1. The molecule has 0 heterocycles. The number of hydrogen-bond donors (Lipinski definition) is 1. The Bertz CT molecular complexity index is 308. The summed E-state index contributed by atoms with van der Waals surface area (Å²) in [4.78, 5) is 0. The smallest absolute Gasteiger partial charge is 0.203 e. The molecule has 1 radical (unpaired) electrons. The fourth-order valence-corrected chi connectivity index (χ4v) is 1.29. The molecule has 83 valence electrons. The first kappa shape index (κ1) is 11.7. The Morgan fingerprint density at radius 2 is 1.53 bits per heavy atom. The Labute approximate surface area is 89.4 Å². The Morgan fingerprint density at radius 3 is 1.80 bits per heavy atom. The van der Waals surface area contributed by atoms with Crippen LogP contribution in [-0.4, -0.2) is 26.4 Å². The van der Waals surface area contributed by atoms with Crippen LogP contribution in [0.25, 0.3) is 0 Å². The van der Waals surface area contributed by atoms with Gasteiger partial charge in [0, 0.05) is 0 Å².